The maximum Gasteiger partial charge on any atom is 0.550 e. The standard InChI is InChI=1S/C8H10I.C2HF6NO4S2.CH4/c1-2-9-8-6-4-3-5-7-8;3-1(4,5)12-13-14-9-15(10,11)2(6,7)8;/h3-7H,2H2,1H3;9H;1H4/q+1;;. The molecule has 1 aromatic rings. The smallest absolute Gasteiger partial charge is 0.202 e. The molecule has 1 aromatic carbocycles. The minimum absolute atomic E-state index is 0. The van der Waals surface area contributed by atoms with Crippen LogP contribution in [0, 0.1) is 3.57 Å². The van der Waals surface area contributed by atoms with E-state index >= 15 is 0 Å². The van der Waals surface area contributed by atoms with Crippen molar-refractivity contribution in [1.29, 1.82) is 0 Å². The molecular weight excluding hydrogens is 515 g/mol. The lowest BCUT2D eigenvalue weighted by atomic mass is 10.4. The summed E-state index contributed by atoms with van der Waals surface area (Å²) in [4.78, 5) is 2.51. The van der Waals surface area contributed by atoms with E-state index in [0.29, 0.717) is 25.3 Å². The number of halogens is 7. The Bertz CT molecular complexity index is 568. The molecule has 0 bridgehead atoms. The van der Waals surface area contributed by atoms with Gasteiger partial charge in [-0.1, -0.05) is 25.6 Å². The maximum atomic E-state index is 11.5. The van der Waals surface area contributed by atoms with Gasteiger partial charge in [-0.25, -0.2) is 8.42 Å². The zero-order valence-electron chi connectivity index (χ0n) is 11.7. The van der Waals surface area contributed by atoms with Gasteiger partial charge in [0.15, 0.2) is 3.57 Å². The van der Waals surface area contributed by atoms with Crippen LogP contribution in [-0.2, 0) is 19.2 Å². The summed E-state index contributed by atoms with van der Waals surface area (Å²) in [7, 11) is -5.77. The summed E-state index contributed by atoms with van der Waals surface area (Å²) in [5, 5.41) is 0. The van der Waals surface area contributed by atoms with Crippen LogP contribution in [0.4, 0.5) is 26.3 Å². The molecule has 0 heterocycles. The predicted octanol–water partition coefficient (Wildman–Crippen LogP) is 1.06. The summed E-state index contributed by atoms with van der Waals surface area (Å²) in [6.45, 7) is 2.25. The van der Waals surface area contributed by atoms with E-state index in [1.54, 1.807) is 3.57 Å². The zero-order valence-corrected chi connectivity index (χ0v) is 15.5. The molecule has 0 spiro atoms. The molecule has 0 saturated heterocycles. The number of hydrogen-bond donors (Lipinski definition) is 1. The van der Waals surface area contributed by atoms with Gasteiger partial charge in [-0.2, -0.15) is 13.2 Å². The highest BCUT2D eigenvalue weighted by atomic mass is 127. The molecule has 25 heavy (non-hydrogen) atoms. The van der Waals surface area contributed by atoms with Gasteiger partial charge in [0.25, 0.3) is 0 Å². The van der Waals surface area contributed by atoms with E-state index in [1.807, 2.05) is 0 Å². The molecule has 0 fully saturated rings. The Hall–Kier alpha value is -0.290. The number of rotatable bonds is 6. The number of nitrogens with one attached hydrogen (secondary N) is 1. The van der Waals surface area contributed by atoms with Gasteiger partial charge >= 0.3 is 43.1 Å². The molecule has 0 amide bonds. The van der Waals surface area contributed by atoms with Crippen molar-refractivity contribution >= 4 is 22.3 Å². The van der Waals surface area contributed by atoms with E-state index in [4.69, 9.17) is 0 Å². The van der Waals surface area contributed by atoms with Gasteiger partial charge in [0, 0.05) is 0 Å². The largest absolute Gasteiger partial charge is 0.550 e. The Labute approximate surface area is 156 Å². The van der Waals surface area contributed by atoms with E-state index in [9.17, 15) is 34.8 Å². The van der Waals surface area contributed by atoms with Gasteiger partial charge in [-0.3, -0.25) is 0 Å². The van der Waals surface area contributed by atoms with Crippen LogP contribution < -0.4 is 25.3 Å². The van der Waals surface area contributed by atoms with Crippen LogP contribution in [0.2, 0.25) is 0 Å². The van der Waals surface area contributed by atoms with E-state index in [0.717, 1.165) is 0 Å². The van der Waals surface area contributed by atoms with Crippen molar-refractivity contribution in [3.05, 3.63) is 33.9 Å². The van der Waals surface area contributed by atoms with Gasteiger partial charge in [-0.05, 0) is 19.1 Å². The third kappa shape index (κ3) is 13.6. The summed E-state index contributed by atoms with van der Waals surface area (Å²) in [5.41, 5.74) is -5.65. The quantitative estimate of drug-likeness (QED) is 0.0872. The van der Waals surface area contributed by atoms with E-state index < -0.39 is 34.1 Å². The Kier molecular flexibility index (Phi) is 13.1. The molecule has 0 radical (unpaired) electrons. The van der Waals surface area contributed by atoms with Crippen LogP contribution in [0.3, 0.4) is 0 Å². The molecule has 0 aromatic heterocycles. The third-order valence-corrected chi connectivity index (χ3v) is 5.89. The molecular formula is C11H15F6INO4S2+. The SMILES string of the molecule is C.CC[I+]c1ccccc1.O=S(=O)(NSOOC(F)(F)F)C(F)(F)F. The van der Waals surface area contributed by atoms with Gasteiger partial charge in [0.2, 0.25) is 0 Å². The molecule has 0 saturated carbocycles. The fraction of sp³-hybridized carbons (Fsp3) is 0.455. The summed E-state index contributed by atoms with van der Waals surface area (Å²) in [6, 6.07) is 10.7. The second-order valence-corrected chi connectivity index (χ2v) is 9.38. The number of benzene rings is 1. The lowest BCUT2D eigenvalue weighted by molar-refractivity contribution is -0.623. The Morgan fingerprint density at radius 2 is 1.64 bits per heavy atom. The third-order valence-electron chi connectivity index (χ3n) is 1.63. The molecule has 148 valence electrons. The number of alkyl halides is 7. The first-order chi connectivity index (χ1) is 10.9. The summed E-state index contributed by atoms with van der Waals surface area (Å²) in [5.74, 6) is 0. The molecule has 1 N–H and O–H groups in total. The van der Waals surface area contributed by atoms with Crippen LogP contribution in [0.1, 0.15) is 14.4 Å². The second kappa shape index (κ2) is 12.2. The van der Waals surface area contributed by atoms with Crippen molar-refractivity contribution in [1.82, 2.24) is 4.13 Å². The minimum Gasteiger partial charge on any atom is -0.202 e. The molecule has 0 unspecified atom stereocenters. The van der Waals surface area contributed by atoms with Crippen molar-refractivity contribution in [3.8, 4) is 0 Å². The molecule has 14 heteroatoms. The normalized spacial score (nSPS) is 12.0. The first kappa shape index (κ1) is 26.9. The molecule has 0 atom stereocenters. The summed E-state index contributed by atoms with van der Waals surface area (Å²) < 4.78 is 94.7. The topological polar surface area (TPSA) is 64.6 Å². The lowest BCUT2D eigenvalue weighted by Crippen LogP contribution is -3.62. The highest BCUT2D eigenvalue weighted by molar-refractivity contribution is 8.06. The highest BCUT2D eigenvalue weighted by Crippen LogP contribution is 2.24. The first-order valence-corrected chi connectivity index (χ1v) is 10.5. The Balaban J connectivity index is 0. The molecule has 0 aliphatic rings. The average Bonchev–Trinajstić information content (AvgIpc) is 2.44. The highest BCUT2D eigenvalue weighted by Gasteiger charge is 2.46. The fourth-order valence-electron chi connectivity index (χ4n) is 0.820. The molecule has 0 aliphatic heterocycles. The maximum absolute atomic E-state index is 11.5. The minimum atomic E-state index is -5.77. The monoisotopic (exact) mass is 530 g/mol. The summed E-state index contributed by atoms with van der Waals surface area (Å²) >= 11 is -0.556. The zero-order chi connectivity index (χ0) is 18.9. The molecule has 5 nitrogen and oxygen atoms in total. The van der Waals surface area contributed by atoms with Crippen molar-refractivity contribution in [2.75, 3.05) is 4.43 Å². The van der Waals surface area contributed by atoms with Crippen LogP contribution in [0.5, 0.6) is 0 Å². The molecule has 1 rings (SSSR count). The van der Waals surface area contributed by atoms with Gasteiger partial charge in [0.1, 0.15) is 16.7 Å². The van der Waals surface area contributed by atoms with Crippen LogP contribution in [-0.4, -0.2) is 24.7 Å². The Morgan fingerprint density at radius 1 is 1.12 bits per heavy atom. The number of hydrogen-bond acceptors (Lipinski definition) is 5. The fourth-order valence-corrected chi connectivity index (χ4v) is 3.58. The predicted molar refractivity (Wildman–Crippen MR) is 76.3 cm³/mol. The first-order valence-electron chi connectivity index (χ1n) is 5.69. The van der Waals surface area contributed by atoms with Crippen molar-refractivity contribution in [2.24, 2.45) is 0 Å². The van der Waals surface area contributed by atoms with Crippen LogP contribution >= 0.6 is 12.2 Å². The van der Waals surface area contributed by atoms with Gasteiger partial charge in [-0.15, -0.1) is 26.5 Å². The van der Waals surface area contributed by atoms with Crippen molar-refractivity contribution in [2.45, 2.75) is 26.2 Å². The van der Waals surface area contributed by atoms with Gasteiger partial charge < -0.3 is 0 Å². The van der Waals surface area contributed by atoms with Crippen molar-refractivity contribution in [3.63, 3.8) is 0 Å². The van der Waals surface area contributed by atoms with E-state index in [1.165, 1.54) is 4.43 Å². The molecule has 0 aliphatic carbocycles. The van der Waals surface area contributed by atoms with Crippen LogP contribution in [0.15, 0.2) is 30.3 Å². The van der Waals surface area contributed by atoms with Crippen molar-refractivity contribution < 1.29 is 65.2 Å². The Morgan fingerprint density at radius 3 is 2.04 bits per heavy atom. The van der Waals surface area contributed by atoms with Gasteiger partial charge in [0.05, 0.1) is 0 Å². The van der Waals surface area contributed by atoms with E-state index in [2.05, 4.69) is 46.5 Å². The van der Waals surface area contributed by atoms with Crippen LogP contribution in [0.25, 0.3) is 0 Å². The summed E-state index contributed by atoms with van der Waals surface area (Å²) in [6.07, 6.45) is -5.25. The lowest BCUT2D eigenvalue weighted by Gasteiger charge is -2.08. The van der Waals surface area contributed by atoms with E-state index in [-0.39, 0.29) is 7.43 Å². The number of sulfonamides is 1. The second-order valence-electron chi connectivity index (χ2n) is 3.41. The average molecular weight is 530 g/mol.